The smallest absolute Gasteiger partial charge is 0.362 e. The number of likely N-dealkylation sites (N-methyl/N-ethyl adjacent to an activating group) is 1. The summed E-state index contributed by atoms with van der Waals surface area (Å²) in [5.41, 5.74) is 1.89. The van der Waals surface area contributed by atoms with Gasteiger partial charge in [-0.05, 0) is 122 Å². The van der Waals surface area contributed by atoms with Crippen LogP contribution in [-0.2, 0) is 9.53 Å². The van der Waals surface area contributed by atoms with Crippen LogP contribution in [0, 0.1) is 52.3 Å². The fourth-order valence-corrected chi connectivity index (χ4v) is 12.1. The van der Waals surface area contributed by atoms with Crippen LogP contribution in [0.3, 0.4) is 0 Å². The van der Waals surface area contributed by atoms with E-state index in [9.17, 15) is 14.4 Å². The molecule has 2 amide bonds. The molecular formula is C42H65N2O4+. The molecule has 4 saturated carbocycles. The van der Waals surface area contributed by atoms with Gasteiger partial charge < -0.3 is 9.22 Å². The van der Waals surface area contributed by atoms with E-state index in [1.807, 2.05) is 14.1 Å². The predicted molar refractivity (Wildman–Crippen MR) is 191 cm³/mol. The minimum atomic E-state index is -0.213. The molecular weight excluding hydrogens is 596 g/mol. The number of esters is 1. The van der Waals surface area contributed by atoms with Gasteiger partial charge >= 0.3 is 5.97 Å². The van der Waals surface area contributed by atoms with Gasteiger partial charge in [0.25, 0.3) is 11.8 Å². The Morgan fingerprint density at radius 3 is 2.23 bits per heavy atom. The lowest BCUT2D eigenvalue weighted by atomic mass is 9.44. The van der Waals surface area contributed by atoms with E-state index in [1.54, 1.807) is 24.3 Å². The molecule has 1 aromatic carbocycles. The second-order valence-electron chi connectivity index (χ2n) is 18.6. The van der Waals surface area contributed by atoms with Crippen LogP contribution in [0.25, 0.3) is 0 Å². The second kappa shape index (κ2) is 13.8. The number of imide groups is 1. The van der Waals surface area contributed by atoms with E-state index in [0.717, 1.165) is 48.3 Å². The van der Waals surface area contributed by atoms with Crippen LogP contribution in [0.5, 0.6) is 0 Å². The standard InChI is InChI=1S/C42H65N2O4/c1-28(2)12-10-13-29(3)35-18-19-36-34-17-16-30-26-31(20-22-41(30,4)37(34)21-23-42(35,36)5)48-38(45)27-44(6,7)25-11-24-43-39(46)32-14-8-9-15-33(32)40(43)47/h8-9,14-15,28-31,34-37H,10-13,16-27H2,1-7H3/q+1/t29-,30+,31+,34+,35-,36+,37+,41+,42-/m1/s1. The summed E-state index contributed by atoms with van der Waals surface area (Å²) < 4.78 is 6.70. The van der Waals surface area contributed by atoms with E-state index in [2.05, 4.69) is 34.6 Å². The van der Waals surface area contributed by atoms with E-state index in [-0.39, 0.29) is 23.9 Å². The third-order valence-electron chi connectivity index (χ3n) is 14.7. The molecule has 9 atom stereocenters. The van der Waals surface area contributed by atoms with Gasteiger partial charge in [0.05, 0.1) is 31.8 Å². The van der Waals surface area contributed by atoms with E-state index in [1.165, 1.54) is 69.1 Å². The van der Waals surface area contributed by atoms with Gasteiger partial charge in [-0.2, -0.15) is 0 Å². The Hall–Kier alpha value is -2.21. The lowest BCUT2D eigenvalue weighted by molar-refractivity contribution is -0.883. The third-order valence-corrected chi connectivity index (χ3v) is 14.7. The first-order chi connectivity index (χ1) is 22.7. The van der Waals surface area contributed by atoms with Gasteiger partial charge in [-0.1, -0.05) is 66.0 Å². The molecule has 0 bridgehead atoms. The molecule has 0 aromatic heterocycles. The molecule has 0 N–H and O–H groups in total. The molecule has 0 radical (unpaired) electrons. The number of nitrogens with zero attached hydrogens (tertiary/aromatic N) is 2. The van der Waals surface area contributed by atoms with Gasteiger partial charge in [-0.15, -0.1) is 0 Å². The van der Waals surface area contributed by atoms with Gasteiger partial charge in [0.15, 0.2) is 6.54 Å². The molecule has 6 rings (SSSR count). The number of hydrogen-bond acceptors (Lipinski definition) is 4. The Kier molecular flexibility index (Phi) is 10.3. The average Bonchev–Trinajstić information content (AvgIpc) is 3.50. The predicted octanol–water partition coefficient (Wildman–Crippen LogP) is 8.78. The van der Waals surface area contributed by atoms with Crippen molar-refractivity contribution in [2.24, 2.45) is 52.3 Å². The lowest BCUT2D eigenvalue weighted by Crippen LogP contribution is -2.54. The number of rotatable bonds is 12. The van der Waals surface area contributed by atoms with Crippen LogP contribution in [0.1, 0.15) is 139 Å². The van der Waals surface area contributed by atoms with Crippen molar-refractivity contribution >= 4 is 17.8 Å². The maximum absolute atomic E-state index is 13.3. The van der Waals surface area contributed by atoms with Crippen molar-refractivity contribution in [1.29, 1.82) is 0 Å². The Balaban J connectivity index is 0.977. The number of amides is 2. The molecule has 1 aromatic rings. The molecule has 0 saturated heterocycles. The molecule has 266 valence electrons. The molecule has 0 unspecified atom stereocenters. The van der Waals surface area contributed by atoms with Crippen molar-refractivity contribution in [2.75, 3.05) is 33.7 Å². The van der Waals surface area contributed by atoms with Gasteiger partial charge in [0.2, 0.25) is 0 Å². The van der Waals surface area contributed by atoms with Crippen molar-refractivity contribution in [2.45, 2.75) is 124 Å². The van der Waals surface area contributed by atoms with Crippen LogP contribution in [-0.4, -0.2) is 67.0 Å². The highest BCUT2D eigenvalue weighted by atomic mass is 16.5. The Morgan fingerprint density at radius 1 is 0.875 bits per heavy atom. The number of quaternary nitrogens is 1. The second-order valence-corrected chi connectivity index (χ2v) is 18.6. The quantitative estimate of drug-likeness (QED) is 0.128. The van der Waals surface area contributed by atoms with E-state index < -0.39 is 0 Å². The Labute approximate surface area is 291 Å². The summed E-state index contributed by atoms with van der Waals surface area (Å²) in [5.74, 6) is 5.31. The summed E-state index contributed by atoms with van der Waals surface area (Å²) >= 11 is 0. The molecule has 1 aliphatic heterocycles. The summed E-state index contributed by atoms with van der Waals surface area (Å²) in [6.07, 6.45) is 16.4. The van der Waals surface area contributed by atoms with Gasteiger partial charge in [0.1, 0.15) is 6.10 Å². The van der Waals surface area contributed by atoms with E-state index >= 15 is 0 Å². The highest BCUT2D eigenvalue weighted by Gasteiger charge is 2.60. The molecule has 4 fully saturated rings. The number of fused-ring (bicyclic) bond motifs is 6. The zero-order valence-electron chi connectivity index (χ0n) is 31.3. The SMILES string of the molecule is CC(C)CCC[C@@H](C)[C@H]1CC[C@H]2[C@@H]3CC[C@H]4C[C@@H](OC(=O)C[N+](C)(C)CCCN5C(=O)c6ccccc6C5=O)CC[C@]4(C)[C@H]3CC[C@]12C. The first-order valence-electron chi connectivity index (χ1n) is 19.7. The van der Waals surface area contributed by atoms with Gasteiger partial charge in [-0.25, -0.2) is 4.79 Å². The average molecular weight is 662 g/mol. The minimum absolute atomic E-state index is 0.0295. The molecule has 6 heteroatoms. The lowest BCUT2D eigenvalue weighted by Gasteiger charge is -2.61. The number of carbonyl (C=O) groups excluding carboxylic acids is 3. The molecule has 48 heavy (non-hydrogen) atoms. The zero-order valence-corrected chi connectivity index (χ0v) is 31.3. The zero-order chi connectivity index (χ0) is 34.4. The molecule has 1 heterocycles. The largest absolute Gasteiger partial charge is 0.458 e. The van der Waals surface area contributed by atoms with Crippen molar-refractivity contribution in [3.8, 4) is 0 Å². The fourth-order valence-electron chi connectivity index (χ4n) is 12.1. The Bertz CT molecular complexity index is 1320. The highest BCUT2D eigenvalue weighted by molar-refractivity contribution is 6.21. The maximum Gasteiger partial charge on any atom is 0.362 e. The topological polar surface area (TPSA) is 63.7 Å². The van der Waals surface area contributed by atoms with Crippen LogP contribution in [0.2, 0.25) is 0 Å². The fraction of sp³-hybridized carbons (Fsp3) is 0.786. The van der Waals surface area contributed by atoms with Crippen LogP contribution in [0.4, 0.5) is 0 Å². The van der Waals surface area contributed by atoms with Crippen LogP contribution >= 0.6 is 0 Å². The highest BCUT2D eigenvalue weighted by Crippen LogP contribution is 2.68. The summed E-state index contributed by atoms with van der Waals surface area (Å²) in [7, 11) is 4.08. The first-order valence-corrected chi connectivity index (χ1v) is 19.7. The minimum Gasteiger partial charge on any atom is -0.458 e. The number of hydrogen-bond donors (Lipinski definition) is 0. The van der Waals surface area contributed by atoms with Crippen LogP contribution in [0.15, 0.2) is 24.3 Å². The van der Waals surface area contributed by atoms with Crippen molar-refractivity contribution in [3.05, 3.63) is 35.4 Å². The normalized spacial score (nSPS) is 35.2. The van der Waals surface area contributed by atoms with Gasteiger partial charge in [-0.3, -0.25) is 14.5 Å². The summed E-state index contributed by atoms with van der Waals surface area (Å²) in [5, 5.41) is 0. The van der Waals surface area contributed by atoms with Gasteiger partial charge in [0, 0.05) is 13.0 Å². The summed E-state index contributed by atoms with van der Waals surface area (Å²) in [6.45, 7) is 14.0. The van der Waals surface area contributed by atoms with E-state index in [4.69, 9.17) is 4.74 Å². The molecule has 5 aliphatic rings. The van der Waals surface area contributed by atoms with Crippen molar-refractivity contribution < 1.29 is 23.6 Å². The maximum atomic E-state index is 13.3. The summed E-state index contributed by atoms with van der Waals surface area (Å²) in [4.78, 5) is 40.1. The van der Waals surface area contributed by atoms with E-state index in [0.29, 0.717) is 58.4 Å². The Morgan fingerprint density at radius 2 is 1.54 bits per heavy atom. The number of carbonyl (C=O) groups is 3. The molecule has 4 aliphatic carbocycles. The van der Waals surface area contributed by atoms with Crippen molar-refractivity contribution in [3.63, 3.8) is 0 Å². The number of ether oxygens (including phenoxy) is 1. The number of benzene rings is 1. The monoisotopic (exact) mass is 661 g/mol. The molecule has 0 spiro atoms. The summed E-state index contributed by atoms with van der Waals surface area (Å²) in [6, 6.07) is 7.03. The first kappa shape index (κ1) is 35.6. The van der Waals surface area contributed by atoms with Crippen molar-refractivity contribution in [1.82, 2.24) is 4.90 Å². The van der Waals surface area contributed by atoms with Crippen LogP contribution < -0.4 is 0 Å². The third kappa shape index (κ3) is 6.77. The molecule has 6 nitrogen and oxygen atoms in total.